The molecule has 0 aliphatic carbocycles. The molecule has 0 unspecified atom stereocenters. The van der Waals surface area contributed by atoms with Crippen LogP contribution in [0.25, 0.3) is 0 Å². The molecular formula is C21H18BrNO6. The Balaban J connectivity index is 1.48. The number of hydrogen-bond donors (Lipinski definition) is 0. The first-order valence-electron chi connectivity index (χ1n) is 8.90. The Hall–Kier alpha value is -3.00. The van der Waals surface area contributed by atoms with Crippen LogP contribution in [-0.2, 0) is 9.53 Å². The van der Waals surface area contributed by atoms with Gasteiger partial charge in [-0.05, 0) is 30.3 Å². The minimum absolute atomic E-state index is 0.0362. The summed E-state index contributed by atoms with van der Waals surface area (Å²) in [5.74, 6) is -1.21. The molecule has 7 nitrogen and oxygen atoms in total. The minimum atomic E-state index is -0.580. The molecule has 2 aromatic rings. The van der Waals surface area contributed by atoms with Crippen LogP contribution >= 0.6 is 15.9 Å². The minimum Gasteiger partial charge on any atom is -0.496 e. The molecule has 0 bridgehead atoms. The van der Waals surface area contributed by atoms with Gasteiger partial charge in [0.1, 0.15) is 12.4 Å². The highest BCUT2D eigenvalue weighted by Crippen LogP contribution is 2.25. The molecule has 1 aliphatic heterocycles. The van der Waals surface area contributed by atoms with E-state index >= 15 is 0 Å². The monoisotopic (exact) mass is 459 g/mol. The number of benzene rings is 2. The quantitative estimate of drug-likeness (QED) is 0.341. The number of carbonyl (C=O) groups is 4. The van der Waals surface area contributed by atoms with E-state index in [0.29, 0.717) is 22.4 Å². The molecule has 0 N–H and O–H groups in total. The van der Waals surface area contributed by atoms with Crippen molar-refractivity contribution in [2.45, 2.75) is 12.8 Å². The predicted molar refractivity (Wildman–Crippen MR) is 107 cm³/mol. The third-order valence-corrected chi connectivity index (χ3v) is 4.97. The molecule has 0 saturated carbocycles. The fourth-order valence-corrected chi connectivity index (χ4v) is 3.37. The molecule has 0 aromatic heterocycles. The molecule has 150 valence electrons. The van der Waals surface area contributed by atoms with Crippen molar-refractivity contribution in [1.29, 1.82) is 0 Å². The van der Waals surface area contributed by atoms with E-state index < -0.39 is 17.8 Å². The highest BCUT2D eigenvalue weighted by Gasteiger charge is 2.34. The third-order valence-electron chi connectivity index (χ3n) is 4.47. The van der Waals surface area contributed by atoms with Gasteiger partial charge in [-0.3, -0.25) is 24.1 Å². The molecule has 29 heavy (non-hydrogen) atoms. The fraction of sp³-hybridized carbons (Fsp3) is 0.238. The number of ketones is 1. The van der Waals surface area contributed by atoms with Gasteiger partial charge < -0.3 is 9.47 Å². The van der Waals surface area contributed by atoms with Gasteiger partial charge in [-0.25, -0.2) is 0 Å². The van der Waals surface area contributed by atoms with Crippen molar-refractivity contribution in [3.05, 3.63) is 63.6 Å². The van der Waals surface area contributed by atoms with Gasteiger partial charge in [0, 0.05) is 10.9 Å². The molecule has 1 aliphatic rings. The second-order valence-corrected chi connectivity index (χ2v) is 7.21. The summed E-state index contributed by atoms with van der Waals surface area (Å²) < 4.78 is 11.0. The topological polar surface area (TPSA) is 90.0 Å². The zero-order chi connectivity index (χ0) is 21.0. The second-order valence-electron chi connectivity index (χ2n) is 6.30. The lowest BCUT2D eigenvalue weighted by atomic mass is 10.1. The molecule has 2 aromatic carbocycles. The summed E-state index contributed by atoms with van der Waals surface area (Å²) in [7, 11) is 1.47. The molecular weight excluding hydrogens is 442 g/mol. The Morgan fingerprint density at radius 1 is 1.00 bits per heavy atom. The van der Waals surface area contributed by atoms with E-state index in [-0.39, 0.29) is 31.8 Å². The molecule has 1 heterocycles. The van der Waals surface area contributed by atoms with Crippen LogP contribution in [0, 0.1) is 0 Å². The Morgan fingerprint density at radius 2 is 1.66 bits per heavy atom. The number of rotatable bonds is 8. The standard InChI is InChI=1S/C21H18BrNO6/c1-28-18-8-6-13(22)12-16(18)17(24)7-9-19(25)29-11-10-23-20(26)14-4-2-3-5-15(14)21(23)27/h2-6,8,12H,7,9-11H2,1H3. The van der Waals surface area contributed by atoms with Crippen molar-refractivity contribution in [3.8, 4) is 5.75 Å². The van der Waals surface area contributed by atoms with Crippen molar-refractivity contribution in [2.75, 3.05) is 20.3 Å². The SMILES string of the molecule is COc1ccc(Br)cc1C(=O)CCC(=O)OCCN1C(=O)c2ccccc2C1=O. The lowest BCUT2D eigenvalue weighted by Crippen LogP contribution is -2.33. The molecule has 8 heteroatoms. The Labute approximate surface area is 175 Å². The van der Waals surface area contributed by atoms with E-state index in [9.17, 15) is 19.2 Å². The molecule has 0 fully saturated rings. The maximum Gasteiger partial charge on any atom is 0.306 e. The lowest BCUT2D eigenvalue weighted by Gasteiger charge is -2.13. The van der Waals surface area contributed by atoms with Crippen molar-refractivity contribution in [3.63, 3.8) is 0 Å². The number of imide groups is 1. The number of halogens is 1. The normalized spacial score (nSPS) is 12.7. The third kappa shape index (κ3) is 4.54. The number of esters is 1. The molecule has 0 radical (unpaired) electrons. The van der Waals surface area contributed by atoms with Crippen LogP contribution in [-0.4, -0.2) is 48.7 Å². The molecule has 0 atom stereocenters. The second kappa shape index (κ2) is 9.00. The van der Waals surface area contributed by atoms with E-state index in [1.54, 1.807) is 42.5 Å². The van der Waals surface area contributed by atoms with Crippen LogP contribution in [0.2, 0.25) is 0 Å². The number of amides is 2. The van der Waals surface area contributed by atoms with Gasteiger partial charge in [0.05, 0.1) is 36.8 Å². The van der Waals surface area contributed by atoms with Crippen LogP contribution in [0.15, 0.2) is 46.9 Å². The van der Waals surface area contributed by atoms with E-state index in [4.69, 9.17) is 9.47 Å². The van der Waals surface area contributed by atoms with Crippen LogP contribution in [0.5, 0.6) is 5.75 Å². The average Bonchev–Trinajstić information content (AvgIpc) is 2.97. The van der Waals surface area contributed by atoms with Crippen molar-refractivity contribution < 1.29 is 28.7 Å². The molecule has 0 saturated heterocycles. The van der Waals surface area contributed by atoms with Crippen LogP contribution in [0.3, 0.4) is 0 Å². The van der Waals surface area contributed by atoms with Gasteiger partial charge >= 0.3 is 5.97 Å². The number of fused-ring (bicyclic) bond motifs is 1. The van der Waals surface area contributed by atoms with Crippen molar-refractivity contribution >= 4 is 39.5 Å². The summed E-state index contributed by atoms with van der Waals surface area (Å²) in [5.41, 5.74) is 1.07. The summed E-state index contributed by atoms with van der Waals surface area (Å²) in [6.45, 7) is -0.163. The van der Waals surface area contributed by atoms with Crippen LogP contribution in [0.4, 0.5) is 0 Å². The average molecular weight is 460 g/mol. The number of ether oxygens (including phenoxy) is 2. The lowest BCUT2D eigenvalue weighted by molar-refractivity contribution is -0.143. The van der Waals surface area contributed by atoms with E-state index in [1.165, 1.54) is 7.11 Å². The van der Waals surface area contributed by atoms with E-state index in [0.717, 1.165) is 9.37 Å². The maximum atomic E-state index is 12.4. The van der Waals surface area contributed by atoms with Gasteiger partial charge in [-0.2, -0.15) is 0 Å². The predicted octanol–water partition coefficient (Wildman–Crippen LogP) is 3.26. The first-order valence-corrected chi connectivity index (χ1v) is 9.69. The number of hydrogen-bond acceptors (Lipinski definition) is 6. The van der Waals surface area contributed by atoms with Gasteiger partial charge in [-0.1, -0.05) is 28.1 Å². The molecule has 2 amide bonds. The number of nitrogens with zero attached hydrogens (tertiary/aromatic N) is 1. The summed E-state index contributed by atoms with van der Waals surface area (Å²) in [6, 6.07) is 11.6. The largest absolute Gasteiger partial charge is 0.496 e. The number of methoxy groups -OCH3 is 1. The van der Waals surface area contributed by atoms with Gasteiger partial charge in [0.2, 0.25) is 0 Å². The summed E-state index contributed by atoms with van der Waals surface area (Å²) in [5, 5.41) is 0. The van der Waals surface area contributed by atoms with E-state index in [2.05, 4.69) is 15.9 Å². The fourth-order valence-electron chi connectivity index (χ4n) is 3.01. The summed E-state index contributed by atoms with van der Waals surface area (Å²) in [4.78, 5) is 49.9. The Morgan fingerprint density at radius 3 is 2.28 bits per heavy atom. The van der Waals surface area contributed by atoms with Crippen LogP contribution < -0.4 is 4.74 Å². The zero-order valence-corrected chi connectivity index (χ0v) is 17.2. The molecule has 0 spiro atoms. The highest BCUT2D eigenvalue weighted by atomic mass is 79.9. The molecule has 3 rings (SSSR count). The number of Topliss-reactive ketones (excluding diaryl/α,β-unsaturated/α-hetero) is 1. The first-order chi connectivity index (χ1) is 13.9. The van der Waals surface area contributed by atoms with Gasteiger partial charge in [0.15, 0.2) is 5.78 Å². The Kier molecular flexibility index (Phi) is 6.43. The maximum absolute atomic E-state index is 12.4. The smallest absolute Gasteiger partial charge is 0.306 e. The van der Waals surface area contributed by atoms with Gasteiger partial charge in [-0.15, -0.1) is 0 Å². The van der Waals surface area contributed by atoms with E-state index in [1.807, 2.05) is 0 Å². The zero-order valence-electron chi connectivity index (χ0n) is 15.6. The summed E-state index contributed by atoms with van der Waals surface area (Å²) in [6.07, 6.45) is -0.157. The van der Waals surface area contributed by atoms with Crippen molar-refractivity contribution in [2.24, 2.45) is 0 Å². The van der Waals surface area contributed by atoms with Gasteiger partial charge in [0.25, 0.3) is 11.8 Å². The number of carbonyl (C=O) groups excluding carboxylic acids is 4. The first kappa shape index (κ1) is 20.7. The summed E-state index contributed by atoms with van der Waals surface area (Å²) >= 11 is 3.30. The highest BCUT2D eigenvalue weighted by molar-refractivity contribution is 9.10. The Bertz CT molecular complexity index is 952. The van der Waals surface area contributed by atoms with Crippen LogP contribution in [0.1, 0.15) is 43.9 Å². The van der Waals surface area contributed by atoms with Crippen molar-refractivity contribution in [1.82, 2.24) is 4.90 Å².